The van der Waals surface area contributed by atoms with Crippen molar-refractivity contribution < 1.29 is 18.8 Å². The molecule has 0 bridgehead atoms. The van der Waals surface area contributed by atoms with Crippen molar-refractivity contribution in [3.63, 3.8) is 0 Å². The Morgan fingerprint density at radius 1 is 1.11 bits per heavy atom. The number of benzene rings is 2. The van der Waals surface area contributed by atoms with Crippen LogP contribution in [0.2, 0.25) is 0 Å². The molecule has 4 nitrogen and oxygen atoms in total. The predicted octanol–water partition coefficient (Wildman–Crippen LogP) is 3.54. The van der Waals surface area contributed by atoms with Crippen LogP contribution in [0.1, 0.15) is 31.4 Å². The van der Waals surface area contributed by atoms with Gasteiger partial charge < -0.3 is 14.0 Å². The number of likely N-dealkylation sites (N-methyl/N-ethyl adjacent to an activating group) is 1. The van der Waals surface area contributed by atoms with Crippen molar-refractivity contribution in [1.29, 1.82) is 0 Å². The lowest BCUT2D eigenvalue weighted by Gasteiger charge is -2.35. The fraction of sp³-hybridized carbons (Fsp3) is 0.458. The highest BCUT2D eigenvalue weighted by Gasteiger charge is 2.61. The van der Waals surface area contributed by atoms with Crippen molar-refractivity contribution in [2.24, 2.45) is 0 Å². The SMILES string of the molecule is CC(CC1C2O[C@@H]2C[N+]1(C)C)OC(=O)C(C)(c1ccccc1)c1ccccc1. The fourth-order valence-electron chi connectivity index (χ4n) is 4.69. The molecular formula is C24H30NO3+. The van der Waals surface area contributed by atoms with Crippen molar-refractivity contribution in [3.05, 3.63) is 71.8 Å². The van der Waals surface area contributed by atoms with E-state index >= 15 is 0 Å². The largest absolute Gasteiger partial charge is 0.462 e. The van der Waals surface area contributed by atoms with E-state index in [9.17, 15) is 4.79 Å². The molecule has 0 aliphatic carbocycles. The zero-order valence-corrected chi connectivity index (χ0v) is 17.2. The Kier molecular flexibility index (Phi) is 4.80. The fourth-order valence-corrected chi connectivity index (χ4v) is 4.69. The van der Waals surface area contributed by atoms with Crippen LogP contribution in [-0.2, 0) is 19.7 Å². The van der Waals surface area contributed by atoms with Gasteiger partial charge in [-0.25, -0.2) is 0 Å². The van der Waals surface area contributed by atoms with E-state index < -0.39 is 5.41 Å². The Morgan fingerprint density at radius 3 is 2.11 bits per heavy atom. The van der Waals surface area contributed by atoms with Crippen LogP contribution in [0.4, 0.5) is 0 Å². The minimum Gasteiger partial charge on any atom is -0.462 e. The second-order valence-corrected chi connectivity index (χ2v) is 8.98. The number of hydrogen-bond donors (Lipinski definition) is 0. The molecule has 4 atom stereocenters. The number of fused-ring (bicyclic) bond motifs is 1. The minimum absolute atomic E-state index is 0.162. The molecule has 28 heavy (non-hydrogen) atoms. The lowest BCUT2D eigenvalue weighted by atomic mass is 9.76. The van der Waals surface area contributed by atoms with E-state index in [1.807, 2.05) is 74.5 Å². The zero-order chi connectivity index (χ0) is 19.9. The van der Waals surface area contributed by atoms with Crippen LogP contribution in [0.15, 0.2) is 60.7 Å². The third-order valence-electron chi connectivity index (χ3n) is 6.54. The van der Waals surface area contributed by atoms with E-state index in [1.54, 1.807) is 0 Å². The Hall–Kier alpha value is -2.17. The van der Waals surface area contributed by atoms with Gasteiger partial charge in [0.25, 0.3) is 0 Å². The lowest BCUT2D eigenvalue weighted by molar-refractivity contribution is -0.909. The van der Waals surface area contributed by atoms with E-state index in [0.717, 1.165) is 28.6 Å². The highest BCUT2D eigenvalue weighted by Crippen LogP contribution is 2.42. The summed E-state index contributed by atoms with van der Waals surface area (Å²) < 4.78 is 12.7. The summed E-state index contributed by atoms with van der Waals surface area (Å²) in [5.41, 5.74) is 1.05. The number of hydrogen-bond acceptors (Lipinski definition) is 3. The van der Waals surface area contributed by atoms with Gasteiger partial charge in [-0.3, -0.25) is 4.79 Å². The highest BCUT2D eigenvalue weighted by molar-refractivity contribution is 5.87. The maximum absolute atomic E-state index is 13.4. The molecular weight excluding hydrogens is 350 g/mol. The Bertz CT molecular complexity index is 794. The van der Waals surface area contributed by atoms with Crippen LogP contribution in [0.3, 0.4) is 0 Å². The van der Waals surface area contributed by atoms with E-state index in [4.69, 9.17) is 9.47 Å². The smallest absolute Gasteiger partial charge is 0.321 e. The number of rotatable bonds is 6. The summed E-state index contributed by atoms with van der Waals surface area (Å²) in [6, 6.07) is 20.2. The number of esters is 1. The second kappa shape index (κ2) is 7.02. The predicted molar refractivity (Wildman–Crippen MR) is 109 cm³/mol. The summed E-state index contributed by atoms with van der Waals surface area (Å²) >= 11 is 0. The maximum Gasteiger partial charge on any atom is 0.321 e. The summed E-state index contributed by atoms with van der Waals surface area (Å²) in [6.07, 6.45) is 1.37. The first-order valence-corrected chi connectivity index (χ1v) is 10.1. The highest BCUT2D eigenvalue weighted by atomic mass is 16.6. The molecule has 2 aliphatic heterocycles. The van der Waals surface area contributed by atoms with Crippen molar-refractivity contribution in [2.45, 2.75) is 50.0 Å². The molecule has 0 aromatic heterocycles. The van der Waals surface area contributed by atoms with Gasteiger partial charge in [0.2, 0.25) is 0 Å². The van der Waals surface area contributed by atoms with Gasteiger partial charge in [0.1, 0.15) is 36.3 Å². The third-order valence-corrected chi connectivity index (χ3v) is 6.54. The number of carbonyl (C=O) groups excluding carboxylic acids is 1. The molecule has 2 aromatic carbocycles. The Labute approximate surface area is 167 Å². The van der Waals surface area contributed by atoms with Crippen molar-refractivity contribution in [3.8, 4) is 0 Å². The number of epoxide rings is 1. The Balaban J connectivity index is 1.55. The van der Waals surface area contributed by atoms with Crippen LogP contribution >= 0.6 is 0 Å². The van der Waals surface area contributed by atoms with Crippen molar-refractivity contribution in [1.82, 2.24) is 0 Å². The topological polar surface area (TPSA) is 38.8 Å². The minimum atomic E-state index is -0.838. The first kappa shape index (κ1) is 19.2. The number of ether oxygens (including phenoxy) is 2. The molecule has 2 aromatic rings. The number of nitrogens with zero attached hydrogens (tertiary/aromatic N) is 1. The van der Waals surface area contributed by atoms with Crippen LogP contribution in [0, 0.1) is 0 Å². The molecule has 2 fully saturated rings. The van der Waals surface area contributed by atoms with Crippen LogP contribution in [0.5, 0.6) is 0 Å². The number of likely N-dealkylation sites (tertiary alicyclic amines) is 1. The van der Waals surface area contributed by atoms with E-state index in [-0.39, 0.29) is 12.1 Å². The normalized spacial score (nSPS) is 26.4. The quantitative estimate of drug-likeness (QED) is 0.437. The Morgan fingerprint density at radius 2 is 1.64 bits per heavy atom. The van der Waals surface area contributed by atoms with Gasteiger partial charge in [-0.05, 0) is 25.0 Å². The molecule has 148 valence electrons. The van der Waals surface area contributed by atoms with E-state index in [0.29, 0.717) is 18.2 Å². The molecule has 0 radical (unpaired) electrons. The standard InChI is InChI=1S/C24H30NO3/c1-17(15-20-22-21(28-22)16-25(20,3)4)27-23(26)24(2,18-11-7-5-8-12-18)19-13-9-6-10-14-19/h5-14,17,20-22H,15-16H2,1-4H3/q+1/t17?,20?,21-,22?/m1/s1. The van der Waals surface area contributed by atoms with Crippen LogP contribution < -0.4 is 0 Å². The van der Waals surface area contributed by atoms with Crippen molar-refractivity contribution >= 4 is 5.97 Å². The molecule has 0 N–H and O–H groups in total. The monoisotopic (exact) mass is 380 g/mol. The first-order chi connectivity index (χ1) is 13.3. The lowest BCUT2D eigenvalue weighted by Crippen LogP contribution is -2.50. The molecule has 4 heteroatoms. The molecule has 4 rings (SSSR count). The number of quaternary nitrogens is 1. The van der Waals surface area contributed by atoms with Gasteiger partial charge in [-0.2, -0.15) is 0 Å². The molecule has 3 unspecified atom stereocenters. The average Bonchev–Trinajstić information content (AvgIpc) is 3.38. The van der Waals surface area contributed by atoms with Gasteiger partial charge in [0.15, 0.2) is 0 Å². The average molecular weight is 381 g/mol. The van der Waals surface area contributed by atoms with E-state index in [2.05, 4.69) is 14.1 Å². The van der Waals surface area contributed by atoms with Gasteiger partial charge in [0, 0.05) is 6.42 Å². The molecule has 0 amide bonds. The number of carbonyl (C=O) groups is 1. The van der Waals surface area contributed by atoms with Crippen LogP contribution in [-0.4, -0.2) is 55.4 Å². The molecule has 2 saturated heterocycles. The first-order valence-electron chi connectivity index (χ1n) is 10.1. The second-order valence-electron chi connectivity index (χ2n) is 8.98. The van der Waals surface area contributed by atoms with Gasteiger partial charge in [0.05, 0.1) is 14.1 Å². The molecule has 2 aliphatic rings. The number of morpholine rings is 1. The van der Waals surface area contributed by atoms with Gasteiger partial charge in [-0.15, -0.1) is 0 Å². The van der Waals surface area contributed by atoms with E-state index in [1.165, 1.54) is 0 Å². The van der Waals surface area contributed by atoms with Gasteiger partial charge in [-0.1, -0.05) is 60.7 Å². The molecule has 2 heterocycles. The third kappa shape index (κ3) is 3.36. The summed E-state index contributed by atoms with van der Waals surface area (Å²) in [7, 11) is 4.49. The van der Waals surface area contributed by atoms with Crippen molar-refractivity contribution in [2.75, 3.05) is 20.6 Å². The molecule has 0 spiro atoms. The summed E-state index contributed by atoms with van der Waals surface area (Å²) in [6.45, 7) is 5.01. The summed E-state index contributed by atoms with van der Waals surface area (Å²) in [5.74, 6) is -0.200. The summed E-state index contributed by atoms with van der Waals surface area (Å²) in [4.78, 5) is 13.4. The molecule has 0 saturated carbocycles. The maximum atomic E-state index is 13.4. The van der Waals surface area contributed by atoms with Gasteiger partial charge >= 0.3 is 5.97 Å². The summed E-state index contributed by atoms with van der Waals surface area (Å²) in [5, 5.41) is 0. The zero-order valence-electron chi connectivity index (χ0n) is 17.2. The van der Waals surface area contributed by atoms with Crippen LogP contribution in [0.25, 0.3) is 0 Å².